The highest BCUT2D eigenvalue weighted by molar-refractivity contribution is 5.79. The van der Waals surface area contributed by atoms with Crippen LogP contribution in [0.3, 0.4) is 0 Å². The molecule has 4 heterocycles. The van der Waals surface area contributed by atoms with Crippen molar-refractivity contribution in [1.29, 1.82) is 0 Å². The first-order chi connectivity index (χ1) is 19.2. The van der Waals surface area contributed by atoms with E-state index in [9.17, 15) is 9.90 Å². The van der Waals surface area contributed by atoms with Gasteiger partial charge in [-0.1, -0.05) is 12.2 Å². The molecule has 0 amide bonds. The molecule has 2 atom stereocenters. The Labute approximate surface area is 234 Å². The lowest BCUT2D eigenvalue weighted by Gasteiger charge is -2.50. The molecule has 210 valence electrons. The lowest BCUT2D eigenvalue weighted by molar-refractivity contribution is -0.0292. The molecule has 2 fully saturated rings. The first-order valence-electron chi connectivity index (χ1n) is 14.0. The van der Waals surface area contributed by atoms with Crippen LogP contribution in [0.1, 0.15) is 33.1 Å². The minimum atomic E-state index is -0.943. The van der Waals surface area contributed by atoms with Gasteiger partial charge < -0.3 is 25.5 Å². The van der Waals surface area contributed by atoms with Crippen LogP contribution in [-0.2, 0) is 6.54 Å². The largest absolute Gasteiger partial charge is 0.387 e. The molecule has 40 heavy (non-hydrogen) atoms. The van der Waals surface area contributed by atoms with Gasteiger partial charge in [0, 0.05) is 43.8 Å². The van der Waals surface area contributed by atoms with E-state index in [-0.39, 0.29) is 5.56 Å². The fraction of sp³-hybridized carbons (Fsp3) is 0.433. The summed E-state index contributed by atoms with van der Waals surface area (Å²) in [5.74, 6) is 1.07. The normalized spacial score (nSPS) is 25.1. The number of allylic oxidation sites excluding steroid dienone is 3. The summed E-state index contributed by atoms with van der Waals surface area (Å²) < 4.78 is 3.38. The molecule has 6 rings (SSSR count). The third-order valence-corrected chi connectivity index (χ3v) is 8.85. The SMILES string of the molecule is C=CCn1c(=O)c2cnc(Nc3ccc(N4CCN(C)CC4)cc3)nc2n1C1=CC=C2CCCC(C)(O)C2(C)N1. The van der Waals surface area contributed by atoms with Gasteiger partial charge in [0.05, 0.1) is 17.7 Å². The summed E-state index contributed by atoms with van der Waals surface area (Å²) in [6.07, 6.45) is 9.83. The number of dihydropyridines is 1. The van der Waals surface area contributed by atoms with Gasteiger partial charge in [0.15, 0.2) is 5.65 Å². The second-order valence-electron chi connectivity index (χ2n) is 11.5. The smallest absolute Gasteiger partial charge is 0.278 e. The lowest BCUT2D eigenvalue weighted by Crippen LogP contribution is -2.63. The molecule has 0 bridgehead atoms. The van der Waals surface area contributed by atoms with Gasteiger partial charge in [-0.3, -0.25) is 4.79 Å². The molecule has 1 aliphatic carbocycles. The van der Waals surface area contributed by atoms with E-state index >= 15 is 0 Å². The van der Waals surface area contributed by atoms with Crippen molar-refractivity contribution in [3.05, 3.63) is 71.2 Å². The van der Waals surface area contributed by atoms with E-state index in [4.69, 9.17) is 4.98 Å². The number of rotatable bonds is 6. The maximum absolute atomic E-state index is 13.4. The van der Waals surface area contributed by atoms with Crippen molar-refractivity contribution in [2.45, 2.75) is 50.8 Å². The Morgan fingerprint density at radius 1 is 1.15 bits per heavy atom. The van der Waals surface area contributed by atoms with Gasteiger partial charge in [0.2, 0.25) is 5.95 Å². The minimum Gasteiger partial charge on any atom is -0.387 e. The lowest BCUT2D eigenvalue weighted by atomic mass is 9.67. The molecule has 2 aliphatic heterocycles. The van der Waals surface area contributed by atoms with Crippen LogP contribution in [0.2, 0.25) is 0 Å². The number of anilines is 3. The number of aromatic nitrogens is 4. The molecule has 10 nitrogen and oxygen atoms in total. The summed E-state index contributed by atoms with van der Waals surface area (Å²) in [4.78, 5) is 27.4. The second-order valence-corrected chi connectivity index (χ2v) is 11.5. The third kappa shape index (κ3) is 4.41. The molecule has 2 unspecified atom stereocenters. The van der Waals surface area contributed by atoms with E-state index in [1.54, 1.807) is 21.6 Å². The first-order valence-corrected chi connectivity index (χ1v) is 14.0. The number of fused-ring (bicyclic) bond motifs is 2. The van der Waals surface area contributed by atoms with Gasteiger partial charge >= 0.3 is 0 Å². The van der Waals surface area contributed by atoms with Crippen LogP contribution in [0.5, 0.6) is 0 Å². The number of piperazine rings is 1. The summed E-state index contributed by atoms with van der Waals surface area (Å²) in [6, 6.07) is 8.28. The Bertz CT molecular complexity index is 1560. The molecule has 3 N–H and O–H groups in total. The van der Waals surface area contributed by atoms with E-state index in [2.05, 4.69) is 57.3 Å². The molecular formula is C30H38N8O2. The Balaban J connectivity index is 1.34. The van der Waals surface area contributed by atoms with Gasteiger partial charge in [0.25, 0.3) is 5.56 Å². The summed E-state index contributed by atoms with van der Waals surface area (Å²) in [7, 11) is 2.15. The number of benzene rings is 1. The zero-order chi connectivity index (χ0) is 28.1. The number of hydrogen-bond donors (Lipinski definition) is 3. The van der Waals surface area contributed by atoms with Gasteiger partial charge in [-0.2, -0.15) is 4.98 Å². The fourth-order valence-corrected chi connectivity index (χ4v) is 6.10. The highest BCUT2D eigenvalue weighted by Gasteiger charge is 2.49. The summed E-state index contributed by atoms with van der Waals surface area (Å²) in [5, 5.41) is 18.6. The molecule has 1 aromatic carbocycles. The first kappa shape index (κ1) is 26.3. The Morgan fingerprint density at radius 3 is 2.62 bits per heavy atom. The standard InChI is InChI=1S/C30H38N8O2/c1-5-15-37-27(39)24-20-31-28(32-22-9-11-23(12-10-22)36-18-16-35(4)17-19-36)33-26(24)38(37)25-13-8-21-7-6-14-29(2,40)30(21,3)34-25/h5,8-13,20,34,40H,1,6-7,14-19H2,2-4H3,(H,31,32,33). The van der Waals surface area contributed by atoms with Crippen molar-refractivity contribution in [1.82, 2.24) is 29.5 Å². The molecule has 3 aromatic rings. The zero-order valence-corrected chi connectivity index (χ0v) is 23.5. The van der Waals surface area contributed by atoms with Crippen molar-refractivity contribution in [2.24, 2.45) is 0 Å². The van der Waals surface area contributed by atoms with Gasteiger partial charge in [-0.15, -0.1) is 6.58 Å². The van der Waals surface area contributed by atoms with E-state index in [1.807, 2.05) is 32.1 Å². The van der Waals surface area contributed by atoms with Gasteiger partial charge in [-0.05, 0) is 76.1 Å². The van der Waals surface area contributed by atoms with Crippen LogP contribution >= 0.6 is 0 Å². The van der Waals surface area contributed by atoms with E-state index in [1.165, 1.54) is 5.69 Å². The quantitative estimate of drug-likeness (QED) is 0.408. The monoisotopic (exact) mass is 542 g/mol. The van der Waals surface area contributed by atoms with Crippen LogP contribution in [0, 0.1) is 0 Å². The minimum absolute atomic E-state index is 0.198. The Kier molecular flexibility index (Phi) is 6.54. The maximum atomic E-state index is 13.4. The predicted octanol–water partition coefficient (Wildman–Crippen LogP) is 3.30. The number of nitrogens with zero attached hydrogens (tertiary/aromatic N) is 6. The maximum Gasteiger partial charge on any atom is 0.278 e. The van der Waals surface area contributed by atoms with Crippen LogP contribution in [-0.4, -0.2) is 73.7 Å². The number of nitrogens with one attached hydrogen (secondary N) is 2. The predicted molar refractivity (Wildman–Crippen MR) is 160 cm³/mol. The Hall–Kier alpha value is -3.89. The highest BCUT2D eigenvalue weighted by atomic mass is 16.3. The van der Waals surface area contributed by atoms with Crippen molar-refractivity contribution < 1.29 is 5.11 Å². The topological polar surface area (TPSA) is 103 Å². The van der Waals surface area contributed by atoms with Crippen molar-refractivity contribution >= 4 is 34.2 Å². The van der Waals surface area contributed by atoms with Crippen LogP contribution in [0.25, 0.3) is 16.9 Å². The zero-order valence-electron chi connectivity index (χ0n) is 23.5. The summed E-state index contributed by atoms with van der Waals surface area (Å²) >= 11 is 0. The van der Waals surface area contributed by atoms with E-state index in [0.717, 1.165) is 50.3 Å². The summed E-state index contributed by atoms with van der Waals surface area (Å²) in [5.41, 5.74) is 1.88. The fourth-order valence-electron chi connectivity index (χ4n) is 6.10. The van der Waals surface area contributed by atoms with Crippen LogP contribution in [0.4, 0.5) is 17.3 Å². The molecule has 1 saturated heterocycles. The van der Waals surface area contributed by atoms with Crippen molar-refractivity contribution in [3.8, 4) is 0 Å². The average Bonchev–Trinajstić information content (AvgIpc) is 3.20. The second kappa shape index (κ2) is 9.94. The Morgan fingerprint density at radius 2 is 1.90 bits per heavy atom. The molecule has 1 saturated carbocycles. The molecule has 3 aliphatic rings. The number of likely N-dealkylation sites (N-methyl/N-ethyl adjacent to an activating group) is 1. The van der Waals surface area contributed by atoms with E-state index < -0.39 is 11.1 Å². The molecular weight excluding hydrogens is 504 g/mol. The van der Waals surface area contributed by atoms with Crippen molar-refractivity contribution in [2.75, 3.05) is 43.4 Å². The molecule has 10 heteroatoms. The molecule has 0 spiro atoms. The van der Waals surface area contributed by atoms with Gasteiger partial charge in [0.1, 0.15) is 11.2 Å². The van der Waals surface area contributed by atoms with E-state index in [0.29, 0.717) is 35.8 Å². The summed E-state index contributed by atoms with van der Waals surface area (Å²) in [6.45, 7) is 12.2. The average molecular weight is 543 g/mol. The third-order valence-electron chi connectivity index (χ3n) is 8.85. The highest BCUT2D eigenvalue weighted by Crippen LogP contribution is 2.43. The number of aliphatic hydroxyl groups is 1. The van der Waals surface area contributed by atoms with Gasteiger partial charge in [-0.25, -0.2) is 14.3 Å². The number of hydrogen-bond acceptors (Lipinski definition) is 8. The molecule has 0 radical (unpaired) electrons. The van der Waals surface area contributed by atoms with Crippen LogP contribution in [0.15, 0.2) is 65.6 Å². The molecule has 2 aromatic heterocycles. The van der Waals surface area contributed by atoms with Crippen molar-refractivity contribution in [3.63, 3.8) is 0 Å². The van der Waals surface area contributed by atoms with Crippen LogP contribution < -0.4 is 21.1 Å².